The maximum absolute atomic E-state index is 11.6. The van der Waals surface area contributed by atoms with Gasteiger partial charge in [0.05, 0.1) is 10.7 Å². The summed E-state index contributed by atoms with van der Waals surface area (Å²) in [6.45, 7) is 2.12. The van der Waals surface area contributed by atoms with Crippen LogP contribution in [-0.4, -0.2) is 16.1 Å². The fourth-order valence-electron chi connectivity index (χ4n) is 1.59. The van der Waals surface area contributed by atoms with Crippen molar-refractivity contribution >= 4 is 27.7 Å². The maximum atomic E-state index is 11.6. The molecule has 0 radical (unpaired) electrons. The minimum absolute atomic E-state index is 0.0989. The van der Waals surface area contributed by atoms with Gasteiger partial charge < -0.3 is 5.32 Å². The minimum atomic E-state index is 0.0989. The van der Waals surface area contributed by atoms with E-state index in [2.05, 4.69) is 38.4 Å². The highest BCUT2D eigenvalue weighted by Gasteiger charge is 2.41. The summed E-state index contributed by atoms with van der Waals surface area (Å²) < 4.78 is 0.791. The SMILES string of the molecule is CC[C@@H]1C[C@H]1C(=O)Nc1[nH]ncc1Br. The molecule has 2 atom stereocenters. The zero-order valence-electron chi connectivity index (χ0n) is 7.88. The van der Waals surface area contributed by atoms with Gasteiger partial charge in [0.25, 0.3) is 0 Å². The maximum Gasteiger partial charge on any atom is 0.228 e. The zero-order chi connectivity index (χ0) is 10.1. The van der Waals surface area contributed by atoms with Gasteiger partial charge in [0, 0.05) is 5.92 Å². The van der Waals surface area contributed by atoms with E-state index in [-0.39, 0.29) is 11.8 Å². The number of halogens is 1. The number of anilines is 1. The summed E-state index contributed by atoms with van der Waals surface area (Å²) >= 11 is 3.29. The van der Waals surface area contributed by atoms with Crippen LogP contribution in [0.4, 0.5) is 5.82 Å². The monoisotopic (exact) mass is 257 g/mol. The Kier molecular flexibility index (Phi) is 2.58. The Morgan fingerprint density at radius 3 is 3.14 bits per heavy atom. The van der Waals surface area contributed by atoms with E-state index in [1.54, 1.807) is 6.20 Å². The Hall–Kier alpha value is -0.840. The number of carbonyl (C=O) groups excluding carboxylic acids is 1. The summed E-state index contributed by atoms with van der Waals surface area (Å²) in [5, 5.41) is 9.34. The molecule has 4 nitrogen and oxygen atoms in total. The van der Waals surface area contributed by atoms with Crippen LogP contribution in [0.1, 0.15) is 19.8 Å². The first-order valence-corrected chi connectivity index (χ1v) is 5.51. The summed E-state index contributed by atoms with van der Waals surface area (Å²) in [4.78, 5) is 11.6. The summed E-state index contributed by atoms with van der Waals surface area (Å²) in [5.41, 5.74) is 0. The molecule has 1 fully saturated rings. The van der Waals surface area contributed by atoms with Crippen LogP contribution in [-0.2, 0) is 4.79 Å². The van der Waals surface area contributed by atoms with Crippen LogP contribution in [0.15, 0.2) is 10.7 Å². The van der Waals surface area contributed by atoms with Gasteiger partial charge in [0.15, 0.2) is 0 Å². The third-order valence-corrected chi connectivity index (χ3v) is 3.23. The first-order chi connectivity index (χ1) is 6.72. The Morgan fingerprint density at radius 2 is 2.64 bits per heavy atom. The van der Waals surface area contributed by atoms with Crippen molar-refractivity contribution in [2.24, 2.45) is 11.8 Å². The molecule has 2 rings (SSSR count). The highest BCUT2D eigenvalue weighted by Crippen LogP contribution is 2.41. The fourth-order valence-corrected chi connectivity index (χ4v) is 1.89. The van der Waals surface area contributed by atoms with Gasteiger partial charge in [-0.25, -0.2) is 0 Å². The van der Waals surface area contributed by atoms with Crippen LogP contribution in [0.2, 0.25) is 0 Å². The number of hydrogen-bond acceptors (Lipinski definition) is 2. The van der Waals surface area contributed by atoms with E-state index in [1.165, 1.54) is 0 Å². The second kappa shape index (κ2) is 3.73. The number of aromatic nitrogens is 2. The number of amides is 1. The quantitative estimate of drug-likeness (QED) is 0.872. The van der Waals surface area contributed by atoms with Crippen molar-refractivity contribution in [1.82, 2.24) is 10.2 Å². The molecule has 0 bridgehead atoms. The number of carbonyl (C=O) groups is 1. The van der Waals surface area contributed by atoms with Crippen molar-refractivity contribution in [1.29, 1.82) is 0 Å². The highest BCUT2D eigenvalue weighted by molar-refractivity contribution is 9.10. The van der Waals surface area contributed by atoms with Crippen molar-refractivity contribution in [3.63, 3.8) is 0 Å². The highest BCUT2D eigenvalue weighted by atomic mass is 79.9. The number of aromatic amines is 1. The van der Waals surface area contributed by atoms with E-state index >= 15 is 0 Å². The second-order valence-corrected chi connectivity index (χ2v) is 4.45. The number of nitrogens with one attached hydrogen (secondary N) is 2. The lowest BCUT2D eigenvalue weighted by atomic mass is 10.2. The van der Waals surface area contributed by atoms with Crippen LogP contribution in [0.5, 0.6) is 0 Å². The van der Waals surface area contributed by atoms with Gasteiger partial charge in [0.1, 0.15) is 5.82 Å². The van der Waals surface area contributed by atoms with Gasteiger partial charge in [-0.15, -0.1) is 0 Å². The zero-order valence-corrected chi connectivity index (χ0v) is 9.47. The van der Waals surface area contributed by atoms with Crippen LogP contribution >= 0.6 is 15.9 Å². The third-order valence-electron chi connectivity index (χ3n) is 2.63. The van der Waals surface area contributed by atoms with E-state index in [1.807, 2.05) is 0 Å². The molecule has 0 aromatic carbocycles. The third kappa shape index (κ3) is 1.82. The molecule has 1 saturated carbocycles. The summed E-state index contributed by atoms with van der Waals surface area (Å²) in [7, 11) is 0. The number of hydrogen-bond donors (Lipinski definition) is 2. The van der Waals surface area contributed by atoms with Crippen molar-refractivity contribution in [2.75, 3.05) is 5.32 Å². The van der Waals surface area contributed by atoms with Crippen LogP contribution in [0, 0.1) is 11.8 Å². The summed E-state index contributed by atoms with van der Waals surface area (Å²) in [5.74, 6) is 1.53. The van der Waals surface area contributed by atoms with Crippen molar-refractivity contribution < 1.29 is 4.79 Å². The van der Waals surface area contributed by atoms with Crippen LogP contribution in [0.3, 0.4) is 0 Å². The Bertz CT molecular complexity index is 350. The van der Waals surface area contributed by atoms with E-state index in [9.17, 15) is 4.79 Å². The van der Waals surface area contributed by atoms with Crippen LogP contribution < -0.4 is 5.32 Å². The predicted molar refractivity (Wildman–Crippen MR) is 56.8 cm³/mol. The molecular weight excluding hydrogens is 246 g/mol. The molecule has 1 aromatic rings. The lowest BCUT2D eigenvalue weighted by molar-refractivity contribution is -0.117. The van der Waals surface area contributed by atoms with E-state index in [0.717, 1.165) is 17.3 Å². The van der Waals surface area contributed by atoms with Gasteiger partial charge in [0.2, 0.25) is 5.91 Å². The van der Waals surface area contributed by atoms with Crippen molar-refractivity contribution in [2.45, 2.75) is 19.8 Å². The van der Waals surface area contributed by atoms with E-state index in [0.29, 0.717) is 11.7 Å². The molecule has 1 aliphatic rings. The molecule has 1 aliphatic carbocycles. The Balaban J connectivity index is 1.93. The Labute approximate surface area is 90.6 Å². The molecule has 2 N–H and O–H groups in total. The van der Waals surface area contributed by atoms with Crippen molar-refractivity contribution in [3.8, 4) is 0 Å². The number of rotatable bonds is 3. The topological polar surface area (TPSA) is 57.8 Å². The van der Waals surface area contributed by atoms with E-state index in [4.69, 9.17) is 0 Å². The first-order valence-electron chi connectivity index (χ1n) is 4.72. The first kappa shape index (κ1) is 9.71. The summed E-state index contributed by atoms with van der Waals surface area (Å²) in [6.07, 6.45) is 3.73. The average Bonchev–Trinajstić information content (AvgIpc) is 2.87. The molecule has 0 aliphatic heterocycles. The molecule has 0 spiro atoms. The number of H-pyrrole nitrogens is 1. The van der Waals surface area contributed by atoms with Gasteiger partial charge in [-0.05, 0) is 28.3 Å². The smallest absolute Gasteiger partial charge is 0.228 e. The molecule has 14 heavy (non-hydrogen) atoms. The van der Waals surface area contributed by atoms with Gasteiger partial charge in [-0.3, -0.25) is 9.89 Å². The molecule has 1 heterocycles. The lowest BCUT2D eigenvalue weighted by Gasteiger charge is -2.01. The predicted octanol–water partition coefficient (Wildman–Crippen LogP) is 2.16. The van der Waals surface area contributed by atoms with Gasteiger partial charge in [-0.2, -0.15) is 5.10 Å². The van der Waals surface area contributed by atoms with Crippen molar-refractivity contribution in [3.05, 3.63) is 10.7 Å². The van der Waals surface area contributed by atoms with Gasteiger partial charge >= 0.3 is 0 Å². The standard InChI is InChI=1S/C9H12BrN3O/c1-2-5-3-6(5)9(14)12-8-7(10)4-11-13-8/h4-6H,2-3H2,1H3,(H2,11,12,13,14)/t5-,6-/m1/s1. The average molecular weight is 258 g/mol. The van der Waals surface area contributed by atoms with E-state index < -0.39 is 0 Å². The molecule has 0 saturated heterocycles. The Morgan fingerprint density at radius 1 is 1.86 bits per heavy atom. The molecule has 1 amide bonds. The lowest BCUT2D eigenvalue weighted by Crippen LogP contribution is -2.15. The molecular formula is C9H12BrN3O. The molecule has 1 aromatic heterocycles. The molecule has 5 heteroatoms. The van der Waals surface area contributed by atoms with Crippen LogP contribution in [0.25, 0.3) is 0 Å². The fraction of sp³-hybridized carbons (Fsp3) is 0.556. The minimum Gasteiger partial charge on any atom is -0.310 e. The second-order valence-electron chi connectivity index (χ2n) is 3.59. The molecule has 0 unspecified atom stereocenters. The largest absolute Gasteiger partial charge is 0.310 e. The van der Waals surface area contributed by atoms with Gasteiger partial charge in [-0.1, -0.05) is 13.3 Å². The normalized spacial score (nSPS) is 24.7. The number of nitrogens with zero attached hydrogens (tertiary/aromatic N) is 1. The summed E-state index contributed by atoms with van der Waals surface area (Å²) in [6, 6.07) is 0. The molecule has 76 valence electrons.